The van der Waals surface area contributed by atoms with Crippen LogP contribution in [0.5, 0.6) is 0 Å². The molecule has 0 saturated heterocycles. The van der Waals surface area contributed by atoms with E-state index in [1.54, 1.807) is 12.3 Å². The summed E-state index contributed by atoms with van der Waals surface area (Å²) >= 11 is 0. The van der Waals surface area contributed by atoms with Gasteiger partial charge in [-0.25, -0.2) is 0 Å². The molecule has 3 nitrogen and oxygen atoms in total. The highest BCUT2D eigenvalue weighted by atomic mass is 28.3. The van der Waals surface area contributed by atoms with Gasteiger partial charge in [0.15, 0.2) is 0 Å². The van der Waals surface area contributed by atoms with Crippen LogP contribution in [0.1, 0.15) is 85.1 Å². The first-order valence-electron chi connectivity index (χ1n) is 10.8. The minimum absolute atomic E-state index is 0.0953. The van der Waals surface area contributed by atoms with E-state index in [9.17, 15) is 4.79 Å². The van der Waals surface area contributed by atoms with Crippen molar-refractivity contribution in [3.05, 3.63) is 30.1 Å². The molecule has 0 aliphatic carbocycles. The predicted octanol–water partition coefficient (Wildman–Crippen LogP) is 6.23. The van der Waals surface area contributed by atoms with Gasteiger partial charge in [0, 0.05) is 18.7 Å². The Hall–Kier alpha value is -1.60. The first-order chi connectivity index (χ1) is 13.1. The first-order valence-corrected chi connectivity index (χ1v) is 13.1. The molecule has 0 fully saturated rings. The molecule has 1 aromatic heterocycles. The number of aromatic nitrogens is 1. The summed E-state index contributed by atoms with van der Waals surface area (Å²) in [6.45, 7) is 18.5. The first kappa shape index (κ1) is 24.4. The zero-order chi connectivity index (χ0) is 21.3. The molecule has 0 aromatic carbocycles. The van der Waals surface area contributed by atoms with Crippen LogP contribution < -0.4 is 5.32 Å². The summed E-state index contributed by atoms with van der Waals surface area (Å²) < 4.78 is 0. The summed E-state index contributed by atoms with van der Waals surface area (Å²) in [5.41, 5.74) is 6.33. The zero-order valence-corrected chi connectivity index (χ0v) is 20.2. The monoisotopic (exact) mass is 400 g/mol. The van der Waals surface area contributed by atoms with Gasteiger partial charge in [-0.1, -0.05) is 54.5 Å². The Kier molecular flexibility index (Phi) is 9.96. The third kappa shape index (κ3) is 6.78. The van der Waals surface area contributed by atoms with Crippen molar-refractivity contribution in [3.8, 4) is 11.5 Å². The molecule has 0 aliphatic heterocycles. The van der Waals surface area contributed by atoms with Crippen molar-refractivity contribution in [1.29, 1.82) is 0 Å². The second-order valence-corrected chi connectivity index (χ2v) is 14.8. The Morgan fingerprint density at radius 3 is 2.11 bits per heavy atom. The van der Waals surface area contributed by atoms with Crippen LogP contribution in [0, 0.1) is 17.4 Å². The van der Waals surface area contributed by atoms with Crippen LogP contribution in [-0.4, -0.2) is 25.0 Å². The van der Waals surface area contributed by atoms with E-state index in [1.807, 2.05) is 12.1 Å². The Morgan fingerprint density at radius 1 is 1.00 bits per heavy atom. The molecule has 1 N–H and O–H groups in total. The highest BCUT2D eigenvalue weighted by Crippen LogP contribution is 2.40. The van der Waals surface area contributed by atoms with Gasteiger partial charge < -0.3 is 5.32 Å². The lowest BCUT2D eigenvalue weighted by atomic mass is 9.99. The quantitative estimate of drug-likeness (QED) is 0.394. The molecule has 1 aromatic rings. The Balaban J connectivity index is 2.55. The normalized spacial score (nSPS) is 14.0. The van der Waals surface area contributed by atoms with Gasteiger partial charge in [0.1, 0.15) is 13.8 Å². The van der Waals surface area contributed by atoms with Crippen molar-refractivity contribution in [2.45, 2.75) is 97.3 Å². The molecule has 0 spiro atoms. The number of nitrogens with zero attached hydrogens (tertiary/aromatic N) is 1. The second kappa shape index (κ2) is 11.4. The zero-order valence-electron chi connectivity index (χ0n) is 19.2. The van der Waals surface area contributed by atoms with E-state index < -0.39 is 8.07 Å². The summed E-state index contributed by atoms with van der Waals surface area (Å²) in [5.74, 6) is 4.02. The van der Waals surface area contributed by atoms with Crippen LogP contribution in [0.2, 0.25) is 16.6 Å². The standard InChI is InChI=1S/C24H40N2OSi/c1-18(2)28(19(3)4,20(5)6)17-11-12-21(7)14-15-22(8)26-24(27)23-13-9-10-16-25-23/h9-10,13,16,18-22H,12,14-15H2,1-8H3,(H,26,27). The smallest absolute Gasteiger partial charge is 0.270 e. The van der Waals surface area contributed by atoms with E-state index in [0.717, 1.165) is 19.3 Å². The maximum absolute atomic E-state index is 12.2. The van der Waals surface area contributed by atoms with Gasteiger partial charge in [-0.2, -0.15) is 0 Å². The van der Waals surface area contributed by atoms with Crippen molar-refractivity contribution in [2.24, 2.45) is 5.92 Å². The van der Waals surface area contributed by atoms with Crippen molar-refractivity contribution in [2.75, 3.05) is 0 Å². The van der Waals surface area contributed by atoms with Gasteiger partial charge in [-0.3, -0.25) is 9.78 Å². The summed E-state index contributed by atoms with van der Waals surface area (Å²) in [6, 6.07) is 5.54. The minimum Gasteiger partial charge on any atom is -0.348 e. The molecule has 0 bridgehead atoms. The maximum Gasteiger partial charge on any atom is 0.270 e. The van der Waals surface area contributed by atoms with Gasteiger partial charge >= 0.3 is 0 Å². The van der Waals surface area contributed by atoms with Crippen LogP contribution in [0.3, 0.4) is 0 Å². The predicted molar refractivity (Wildman–Crippen MR) is 123 cm³/mol. The number of hydrogen-bond donors (Lipinski definition) is 1. The summed E-state index contributed by atoms with van der Waals surface area (Å²) in [6.07, 6.45) is 4.62. The minimum atomic E-state index is -1.62. The molecule has 2 unspecified atom stereocenters. The summed E-state index contributed by atoms with van der Waals surface area (Å²) in [7, 11) is -1.62. The fourth-order valence-corrected chi connectivity index (χ4v) is 9.59. The molecule has 1 rings (SSSR count). The number of nitrogens with one attached hydrogen (secondary N) is 1. The number of carbonyl (C=O) groups excluding carboxylic acids is 1. The molecule has 0 radical (unpaired) electrons. The fraction of sp³-hybridized carbons (Fsp3) is 0.667. The highest BCUT2D eigenvalue weighted by molar-refractivity contribution is 6.90. The molecule has 28 heavy (non-hydrogen) atoms. The van der Waals surface area contributed by atoms with Crippen LogP contribution in [0.15, 0.2) is 24.4 Å². The lowest BCUT2D eigenvalue weighted by Crippen LogP contribution is -2.43. The highest BCUT2D eigenvalue weighted by Gasteiger charge is 2.41. The van der Waals surface area contributed by atoms with Gasteiger partial charge in [-0.15, -0.1) is 11.5 Å². The number of rotatable bonds is 9. The second-order valence-electron chi connectivity index (χ2n) is 9.18. The number of amides is 1. The average Bonchev–Trinajstić information content (AvgIpc) is 2.63. The fourth-order valence-electron chi connectivity index (χ4n) is 4.31. The van der Waals surface area contributed by atoms with E-state index in [1.165, 1.54) is 0 Å². The van der Waals surface area contributed by atoms with Crippen LogP contribution in [0.4, 0.5) is 0 Å². The lowest BCUT2D eigenvalue weighted by molar-refractivity contribution is 0.0932. The lowest BCUT2D eigenvalue weighted by Gasteiger charge is -2.38. The molecule has 0 saturated carbocycles. The van der Waals surface area contributed by atoms with Crippen LogP contribution in [0.25, 0.3) is 0 Å². The third-order valence-electron chi connectivity index (χ3n) is 5.99. The summed E-state index contributed by atoms with van der Waals surface area (Å²) in [4.78, 5) is 16.3. The molecular weight excluding hydrogens is 360 g/mol. The molecule has 0 aliphatic rings. The maximum atomic E-state index is 12.2. The van der Waals surface area contributed by atoms with Crippen molar-refractivity contribution >= 4 is 14.0 Å². The average molecular weight is 401 g/mol. The van der Waals surface area contributed by atoms with Crippen molar-refractivity contribution in [1.82, 2.24) is 10.3 Å². The largest absolute Gasteiger partial charge is 0.348 e. The van der Waals surface area contributed by atoms with E-state index >= 15 is 0 Å². The van der Waals surface area contributed by atoms with E-state index in [2.05, 4.69) is 77.2 Å². The van der Waals surface area contributed by atoms with Crippen molar-refractivity contribution < 1.29 is 4.79 Å². The molecular formula is C24H40N2OSi. The molecule has 156 valence electrons. The van der Waals surface area contributed by atoms with E-state index in [0.29, 0.717) is 28.2 Å². The molecule has 1 amide bonds. The topological polar surface area (TPSA) is 42.0 Å². The van der Waals surface area contributed by atoms with Crippen LogP contribution >= 0.6 is 0 Å². The number of hydrogen-bond acceptors (Lipinski definition) is 2. The van der Waals surface area contributed by atoms with Gasteiger partial charge in [0.05, 0.1) is 0 Å². The third-order valence-corrected chi connectivity index (χ3v) is 12.3. The SMILES string of the molecule is CC(CC#C[Si](C(C)C)(C(C)C)C(C)C)CCC(C)NC(=O)c1ccccn1. The number of pyridine rings is 1. The Morgan fingerprint density at radius 2 is 1.61 bits per heavy atom. The number of carbonyl (C=O) groups is 1. The molecule has 4 heteroatoms. The van der Waals surface area contributed by atoms with E-state index in [4.69, 9.17) is 0 Å². The van der Waals surface area contributed by atoms with Crippen molar-refractivity contribution in [3.63, 3.8) is 0 Å². The van der Waals surface area contributed by atoms with Gasteiger partial charge in [-0.05, 0) is 54.4 Å². The molecule has 2 atom stereocenters. The molecule has 1 heterocycles. The Labute approximate surface area is 174 Å². The van der Waals surface area contributed by atoms with Gasteiger partial charge in [0.2, 0.25) is 0 Å². The van der Waals surface area contributed by atoms with E-state index in [-0.39, 0.29) is 11.9 Å². The Bertz CT molecular complexity index is 636. The summed E-state index contributed by atoms with van der Waals surface area (Å²) in [5, 5.41) is 3.05. The van der Waals surface area contributed by atoms with Gasteiger partial charge in [0.25, 0.3) is 5.91 Å². The van der Waals surface area contributed by atoms with Crippen LogP contribution in [-0.2, 0) is 0 Å².